The van der Waals surface area contributed by atoms with E-state index >= 15 is 0 Å². The van der Waals surface area contributed by atoms with Crippen LogP contribution in [0.5, 0.6) is 46.0 Å². The highest BCUT2D eigenvalue weighted by Crippen LogP contribution is 2.47. The molecule has 3 aliphatic heterocycles. The summed E-state index contributed by atoms with van der Waals surface area (Å²) >= 11 is 0. The molecule has 11 unspecified atom stereocenters. The molecule has 2 fully saturated rings. The molecule has 0 radical (unpaired) electrons. The molecule has 3 heterocycles. The number of phenols is 5. The van der Waals surface area contributed by atoms with E-state index in [1.54, 1.807) is 0 Å². The quantitative estimate of drug-likeness (QED) is 0.0723. The highest BCUT2D eigenvalue weighted by Gasteiger charge is 2.49. The predicted molar refractivity (Wildman–Crippen MR) is 191 cm³/mol. The van der Waals surface area contributed by atoms with Gasteiger partial charge < -0.3 is 89.0 Å². The number of aliphatic hydroxyl groups is 5. The van der Waals surface area contributed by atoms with Gasteiger partial charge in [-0.3, -0.25) is 0 Å². The van der Waals surface area contributed by atoms with Crippen LogP contribution in [0.1, 0.15) is 29.7 Å². The minimum absolute atomic E-state index is 0.0121. The summed E-state index contributed by atoms with van der Waals surface area (Å²) in [4.78, 5) is 12.5. The monoisotopic (exact) mass is 802 g/mol. The Labute approximate surface area is 323 Å². The van der Waals surface area contributed by atoms with Crippen LogP contribution in [0, 0.1) is 0 Å². The fourth-order valence-corrected chi connectivity index (χ4v) is 6.40. The van der Waals surface area contributed by atoms with E-state index in [0.29, 0.717) is 5.56 Å². The number of benzene rings is 3. The molecular formula is C38H42O19. The lowest BCUT2D eigenvalue weighted by molar-refractivity contribution is -0.325. The summed E-state index contributed by atoms with van der Waals surface area (Å²) < 4.78 is 45.2. The Balaban J connectivity index is 1.16. The average molecular weight is 803 g/mol. The number of carbonyl (C=O) groups is 1. The Morgan fingerprint density at radius 2 is 1.46 bits per heavy atom. The van der Waals surface area contributed by atoms with E-state index in [9.17, 15) is 55.9 Å². The van der Waals surface area contributed by atoms with Gasteiger partial charge in [-0.25, -0.2) is 4.79 Å². The standard InChI is InChI=1S/C38H42O19/c1-15-35(57-28(43)7-5-16-4-6-20(40)22(42)8-16)32(47)34(49)37(53-15)52-14-27-30(45)31(46)33(48)38(56-27)55-26-13-19-21(41)11-18(39)12-23(19)54-36(26)17-9-24(50-2)29(44)25(10-17)51-3/h4-13,15,27,30-42,44-49H,14H2,1-3H3. The third-order valence-corrected chi connectivity index (χ3v) is 9.49. The van der Waals surface area contributed by atoms with Crippen LogP contribution in [0.15, 0.2) is 54.3 Å². The Morgan fingerprint density at radius 1 is 0.772 bits per heavy atom. The molecule has 308 valence electrons. The van der Waals surface area contributed by atoms with E-state index in [2.05, 4.69) is 0 Å². The molecule has 11 atom stereocenters. The molecule has 0 amide bonds. The predicted octanol–water partition coefficient (Wildman–Crippen LogP) is 0.639. The second kappa shape index (κ2) is 16.9. The number of carbonyl (C=O) groups excluding carboxylic acids is 1. The Kier molecular flexibility index (Phi) is 12.2. The van der Waals surface area contributed by atoms with E-state index in [-0.39, 0.29) is 51.4 Å². The molecule has 6 rings (SSSR count). The van der Waals surface area contributed by atoms with E-state index < -0.39 is 91.6 Å². The number of hydrogen-bond acceptors (Lipinski definition) is 19. The number of aromatic hydroxyl groups is 5. The van der Waals surface area contributed by atoms with Crippen molar-refractivity contribution in [1.82, 2.24) is 0 Å². The number of hydrogen-bond donors (Lipinski definition) is 10. The summed E-state index contributed by atoms with van der Waals surface area (Å²) in [5.74, 6) is -2.84. The van der Waals surface area contributed by atoms with Crippen LogP contribution in [-0.2, 0) is 28.5 Å². The van der Waals surface area contributed by atoms with Gasteiger partial charge in [0.25, 0.3) is 0 Å². The summed E-state index contributed by atoms with van der Waals surface area (Å²) in [5, 5.41) is 105. The average Bonchev–Trinajstić information content (AvgIpc) is 3.18. The number of phenolic OH excluding ortho intramolecular Hbond substituents is 5. The zero-order valence-corrected chi connectivity index (χ0v) is 30.5. The third kappa shape index (κ3) is 8.60. The number of rotatable bonds is 11. The molecule has 3 aliphatic rings. The number of ether oxygens (including phenoxy) is 8. The highest BCUT2D eigenvalue weighted by molar-refractivity contribution is 5.87. The van der Waals surface area contributed by atoms with Gasteiger partial charge in [0.05, 0.1) is 32.5 Å². The van der Waals surface area contributed by atoms with Gasteiger partial charge in [0.1, 0.15) is 59.6 Å². The molecule has 0 saturated carbocycles. The van der Waals surface area contributed by atoms with Gasteiger partial charge in [0.15, 0.2) is 41.5 Å². The third-order valence-electron chi connectivity index (χ3n) is 9.49. The number of methoxy groups -OCH3 is 2. The largest absolute Gasteiger partial charge is 0.508 e. The van der Waals surface area contributed by atoms with Crippen LogP contribution in [0.25, 0.3) is 12.2 Å². The molecule has 3 aromatic rings. The van der Waals surface area contributed by atoms with E-state index in [1.165, 1.54) is 69.7 Å². The molecule has 10 N–H and O–H groups in total. The van der Waals surface area contributed by atoms with Crippen molar-refractivity contribution in [3.63, 3.8) is 0 Å². The summed E-state index contributed by atoms with van der Waals surface area (Å²) in [7, 11) is 2.61. The zero-order valence-electron chi connectivity index (χ0n) is 30.5. The smallest absolute Gasteiger partial charge is 0.331 e. The number of aliphatic hydroxyl groups excluding tert-OH is 5. The van der Waals surface area contributed by atoms with Gasteiger partial charge in [-0.1, -0.05) is 6.07 Å². The number of esters is 1. The van der Waals surface area contributed by atoms with E-state index in [4.69, 9.17) is 37.9 Å². The van der Waals surface area contributed by atoms with Crippen molar-refractivity contribution in [2.75, 3.05) is 20.8 Å². The molecule has 57 heavy (non-hydrogen) atoms. The van der Waals surface area contributed by atoms with Crippen molar-refractivity contribution in [2.24, 2.45) is 0 Å². The summed E-state index contributed by atoms with van der Waals surface area (Å²) in [5.41, 5.74) is 0.687. The Morgan fingerprint density at radius 3 is 2.12 bits per heavy atom. The molecule has 19 nitrogen and oxygen atoms in total. The first-order valence-electron chi connectivity index (χ1n) is 17.4. The molecule has 0 bridgehead atoms. The SMILES string of the molecule is COc1cc(C2Oc3cc(O)cc(O)c3C=C2OC2OC(COC3OC(C)C(OC(=O)C=Cc4ccc(O)c(O)c4)C(O)C3O)C(O)C(O)C2O)cc(OC)c1O. The van der Waals surface area contributed by atoms with Crippen LogP contribution in [0.4, 0.5) is 0 Å². The molecule has 0 aromatic heterocycles. The van der Waals surface area contributed by atoms with Crippen LogP contribution < -0.4 is 14.2 Å². The molecule has 0 spiro atoms. The van der Waals surface area contributed by atoms with Crippen LogP contribution in [0.2, 0.25) is 0 Å². The van der Waals surface area contributed by atoms with Crippen molar-refractivity contribution in [3.05, 3.63) is 71.0 Å². The van der Waals surface area contributed by atoms with Gasteiger partial charge in [0.2, 0.25) is 12.0 Å². The van der Waals surface area contributed by atoms with E-state index in [0.717, 1.165) is 12.1 Å². The van der Waals surface area contributed by atoms with Crippen LogP contribution in [-0.4, -0.2) is 139 Å². The molecular weight excluding hydrogens is 760 g/mol. The minimum Gasteiger partial charge on any atom is -0.508 e. The van der Waals surface area contributed by atoms with E-state index in [1.807, 2.05) is 0 Å². The first kappa shape index (κ1) is 41.1. The van der Waals surface area contributed by atoms with Gasteiger partial charge in [-0.15, -0.1) is 0 Å². The van der Waals surface area contributed by atoms with Gasteiger partial charge in [-0.2, -0.15) is 0 Å². The van der Waals surface area contributed by atoms with Crippen molar-refractivity contribution >= 4 is 18.1 Å². The lowest BCUT2D eigenvalue weighted by atomic mass is 9.98. The lowest BCUT2D eigenvalue weighted by Gasteiger charge is -2.43. The lowest BCUT2D eigenvalue weighted by Crippen LogP contribution is -2.61. The Hall–Kier alpha value is -5.51. The van der Waals surface area contributed by atoms with Crippen LogP contribution >= 0.6 is 0 Å². The maximum Gasteiger partial charge on any atom is 0.331 e. The summed E-state index contributed by atoms with van der Waals surface area (Å²) in [6, 6.07) is 8.94. The normalized spacial score (nSPS) is 29.8. The topological polar surface area (TPSA) is 293 Å². The maximum absolute atomic E-state index is 12.5. The molecule has 0 aliphatic carbocycles. The Bertz CT molecular complexity index is 1970. The maximum atomic E-state index is 12.5. The van der Waals surface area contributed by atoms with Crippen molar-refractivity contribution in [1.29, 1.82) is 0 Å². The number of fused-ring (bicyclic) bond motifs is 1. The fourth-order valence-electron chi connectivity index (χ4n) is 6.40. The molecule has 19 heteroatoms. The summed E-state index contributed by atoms with van der Waals surface area (Å²) in [6.07, 6.45) is -13.8. The second-order valence-electron chi connectivity index (χ2n) is 13.3. The first-order chi connectivity index (χ1) is 27.1. The minimum atomic E-state index is -1.88. The van der Waals surface area contributed by atoms with Crippen LogP contribution in [0.3, 0.4) is 0 Å². The first-order valence-corrected chi connectivity index (χ1v) is 17.4. The van der Waals surface area contributed by atoms with Gasteiger partial charge in [0, 0.05) is 23.8 Å². The molecule has 3 aromatic carbocycles. The van der Waals surface area contributed by atoms with Gasteiger partial charge in [-0.05, 0) is 48.9 Å². The van der Waals surface area contributed by atoms with Crippen molar-refractivity contribution < 1.29 is 93.8 Å². The van der Waals surface area contributed by atoms with Crippen molar-refractivity contribution in [2.45, 2.75) is 74.4 Å². The van der Waals surface area contributed by atoms with Crippen molar-refractivity contribution in [3.8, 4) is 46.0 Å². The second-order valence-corrected chi connectivity index (χ2v) is 13.3. The zero-order chi connectivity index (χ0) is 41.3. The van der Waals surface area contributed by atoms with Gasteiger partial charge >= 0.3 is 5.97 Å². The summed E-state index contributed by atoms with van der Waals surface area (Å²) in [6.45, 7) is 0.834. The highest BCUT2D eigenvalue weighted by atomic mass is 16.7. The molecule has 2 saturated heterocycles. The fraction of sp³-hybridized carbons (Fsp3) is 0.395.